The molecule has 0 radical (unpaired) electrons. The van der Waals surface area contributed by atoms with Gasteiger partial charge in [0.2, 0.25) is 5.91 Å². The second-order valence-corrected chi connectivity index (χ2v) is 6.29. The van der Waals surface area contributed by atoms with E-state index in [9.17, 15) is 4.79 Å². The van der Waals surface area contributed by atoms with Crippen LogP contribution in [0.25, 0.3) is 0 Å². The van der Waals surface area contributed by atoms with Crippen LogP contribution in [0.5, 0.6) is 0 Å². The number of anilines is 2. The number of aromatic nitrogens is 1. The molecule has 1 fully saturated rings. The lowest BCUT2D eigenvalue weighted by Crippen LogP contribution is -2.33. The van der Waals surface area contributed by atoms with E-state index in [0.29, 0.717) is 6.42 Å². The number of pyridine rings is 1. The first-order valence-corrected chi connectivity index (χ1v) is 8.25. The molecule has 1 aliphatic heterocycles. The first-order valence-electron chi connectivity index (χ1n) is 8.25. The molecule has 1 aromatic carbocycles. The van der Waals surface area contributed by atoms with Crippen molar-refractivity contribution < 1.29 is 4.79 Å². The molecule has 2 aromatic rings. The maximum absolute atomic E-state index is 12.1. The van der Waals surface area contributed by atoms with Gasteiger partial charge in [-0.3, -0.25) is 4.79 Å². The fraction of sp³-hybridized carbons (Fsp3) is 0.368. The average Bonchev–Trinajstić information content (AvgIpc) is 2.57. The molecule has 23 heavy (non-hydrogen) atoms. The Hall–Kier alpha value is -2.36. The van der Waals surface area contributed by atoms with Crippen molar-refractivity contribution in [2.24, 2.45) is 5.92 Å². The van der Waals surface area contributed by atoms with Gasteiger partial charge in [-0.05, 0) is 36.5 Å². The number of carbonyl (C=O) groups excluding carboxylic acids is 1. The third kappa shape index (κ3) is 4.31. The van der Waals surface area contributed by atoms with Crippen molar-refractivity contribution in [1.29, 1.82) is 0 Å². The first kappa shape index (κ1) is 15.5. The number of nitrogens with zero attached hydrogens (tertiary/aromatic N) is 2. The van der Waals surface area contributed by atoms with Gasteiger partial charge in [0.15, 0.2) is 0 Å². The predicted molar refractivity (Wildman–Crippen MR) is 93.6 cm³/mol. The van der Waals surface area contributed by atoms with Crippen LogP contribution in [0.1, 0.15) is 25.3 Å². The van der Waals surface area contributed by atoms with Crippen LogP contribution in [-0.4, -0.2) is 24.0 Å². The lowest BCUT2D eigenvalue weighted by molar-refractivity contribution is -0.115. The van der Waals surface area contributed by atoms with Crippen molar-refractivity contribution in [1.82, 2.24) is 4.98 Å². The Kier molecular flexibility index (Phi) is 4.91. The lowest BCUT2D eigenvalue weighted by Gasteiger charge is -2.31. The van der Waals surface area contributed by atoms with E-state index in [0.717, 1.165) is 36.1 Å². The van der Waals surface area contributed by atoms with E-state index < -0.39 is 0 Å². The molecule has 0 atom stereocenters. The first-order chi connectivity index (χ1) is 11.2. The molecule has 3 rings (SSSR count). The summed E-state index contributed by atoms with van der Waals surface area (Å²) < 4.78 is 0. The molecule has 0 unspecified atom stereocenters. The van der Waals surface area contributed by atoms with Gasteiger partial charge in [-0.1, -0.05) is 37.3 Å². The standard InChI is InChI=1S/C19H23N3O/c1-15-9-11-22(12-10-15)18-8-7-17(14-20-18)21-19(23)13-16-5-3-2-4-6-16/h2-8,14-15H,9-13H2,1H3,(H,21,23). The fourth-order valence-electron chi connectivity index (χ4n) is 2.87. The van der Waals surface area contributed by atoms with Crippen LogP contribution in [0.15, 0.2) is 48.7 Å². The number of amides is 1. The fourth-order valence-corrected chi connectivity index (χ4v) is 2.87. The molecule has 2 heterocycles. The Morgan fingerprint density at radius 3 is 2.57 bits per heavy atom. The van der Waals surface area contributed by atoms with E-state index in [4.69, 9.17) is 0 Å². The Bertz CT molecular complexity index is 631. The number of rotatable bonds is 4. The maximum atomic E-state index is 12.1. The summed E-state index contributed by atoms with van der Waals surface area (Å²) in [5, 5.41) is 2.91. The summed E-state index contributed by atoms with van der Waals surface area (Å²) in [6.07, 6.45) is 4.57. The van der Waals surface area contributed by atoms with E-state index in [2.05, 4.69) is 22.1 Å². The van der Waals surface area contributed by atoms with Gasteiger partial charge in [0.1, 0.15) is 5.82 Å². The van der Waals surface area contributed by atoms with Gasteiger partial charge in [-0.2, -0.15) is 0 Å². The number of hydrogen-bond donors (Lipinski definition) is 1. The van der Waals surface area contributed by atoms with Crippen LogP contribution in [0, 0.1) is 5.92 Å². The largest absolute Gasteiger partial charge is 0.357 e. The van der Waals surface area contributed by atoms with Crippen LogP contribution in [0.4, 0.5) is 11.5 Å². The van der Waals surface area contributed by atoms with Gasteiger partial charge >= 0.3 is 0 Å². The molecule has 0 aliphatic carbocycles. The van der Waals surface area contributed by atoms with Crippen molar-refractivity contribution in [3.63, 3.8) is 0 Å². The number of nitrogens with one attached hydrogen (secondary N) is 1. The SMILES string of the molecule is CC1CCN(c2ccc(NC(=O)Cc3ccccc3)cn2)CC1. The summed E-state index contributed by atoms with van der Waals surface area (Å²) in [6, 6.07) is 13.7. The second-order valence-electron chi connectivity index (χ2n) is 6.29. The zero-order chi connectivity index (χ0) is 16.1. The normalized spacial score (nSPS) is 15.4. The Morgan fingerprint density at radius 1 is 1.17 bits per heavy atom. The monoisotopic (exact) mass is 309 g/mol. The van der Waals surface area contributed by atoms with E-state index in [1.807, 2.05) is 42.5 Å². The smallest absolute Gasteiger partial charge is 0.228 e. The number of hydrogen-bond acceptors (Lipinski definition) is 3. The van der Waals surface area contributed by atoms with Gasteiger partial charge in [0.05, 0.1) is 18.3 Å². The summed E-state index contributed by atoms with van der Waals surface area (Å²) in [7, 11) is 0. The summed E-state index contributed by atoms with van der Waals surface area (Å²) in [4.78, 5) is 18.9. The van der Waals surface area contributed by atoms with Gasteiger partial charge < -0.3 is 10.2 Å². The second kappa shape index (κ2) is 7.27. The Balaban J connectivity index is 1.56. The Morgan fingerprint density at radius 2 is 1.91 bits per heavy atom. The third-order valence-corrected chi connectivity index (χ3v) is 4.35. The molecule has 120 valence electrons. The lowest BCUT2D eigenvalue weighted by atomic mass is 9.99. The van der Waals surface area contributed by atoms with Crippen molar-refractivity contribution >= 4 is 17.4 Å². The van der Waals surface area contributed by atoms with Gasteiger partial charge in [0.25, 0.3) is 0 Å². The summed E-state index contributed by atoms with van der Waals surface area (Å²) in [6.45, 7) is 4.43. The highest BCUT2D eigenvalue weighted by molar-refractivity contribution is 5.92. The molecule has 0 spiro atoms. The zero-order valence-corrected chi connectivity index (χ0v) is 13.5. The molecule has 1 saturated heterocycles. The molecule has 4 nitrogen and oxygen atoms in total. The summed E-state index contributed by atoms with van der Waals surface area (Å²) in [5.41, 5.74) is 1.76. The van der Waals surface area contributed by atoms with Crippen molar-refractivity contribution in [2.75, 3.05) is 23.3 Å². The molecular formula is C19H23N3O. The Labute approximate surface area is 137 Å². The molecule has 1 aliphatic rings. The highest BCUT2D eigenvalue weighted by atomic mass is 16.1. The van der Waals surface area contributed by atoms with Crippen molar-refractivity contribution in [3.8, 4) is 0 Å². The number of carbonyl (C=O) groups is 1. The van der Waals surface area contributed by atoms with Crippen LogP contribution in [0.2, 0.25) is 0 Å². The van der Waals surface area contributed by atoms with Gasteiger partial charge in [-0.25, -0.2) is 4.98 Å². The van der Waals surface area contributed by atoms with Crippen molar-refractivity contribution in [3.05, 3.63) is 54.2 Å². The van der Waals surface area contributed by atoms with Crippen LogP contribution >= 0.6 is 0 Å². The minimum Gasteiger partial charge on any atom is -0.357 e. The summed E-state index contributed by atoms with van der Waals surface area (Å²) >= 11 is 0. The van der Waals surface area contributed by atoms with Crippen LogP contribution in [0.3, 0.4) is 0 Å². The number of piperidine rings is 1. The highest BCUT2D eigenvalue weighted by Gasteiger charge is 2.16. The molecular weight excluding hydrogens is 286 g/mol. The molecule has 1 N–H and O–H groups in total. The van der Waals surface area contributed by atoms with E-state index in [-0.39, 0.29) is 5.91 Å². The maximum Gasteiger partial charge on any atom is 0.228 e. The summed E-state index contributed by atoms with van der Waals surface area (Å²) in [5.74, 6) is 1.79. The van der Waals surface area contributed by atoms with E-state index >= 15 is 0 Å². The molecule has 0 bridgehead atoms. The van der Waals surface area contributed by atoms with Crippen molar-refractivity contribution in [2.45, 2.75) is 26.2 Å². The van der Waals surface area contributed by atoms with E-state index in [1.165, 1.54) is 12.8 Å². The molecule has 1 aromatic heterocycles. The minimum absolute atomic E-state index is 0.0162. The minimum atomic E-state index is -0.0162. The third-order valence-electron chi connectivity index (χ3n) is 4.35. The topological polar surface area (TPSA) is 45.2 Å². The highest BCUT2D eigenvalue weighted by Crippen LogP contribution is 2.22. The van der Waals surface area contributed by atoms with Crippen LogP contribution < -0.4 is 10.2 Å². The predicted octanol–water partition coefficient (Wildman–Crippen LogP) is 3.50. The quantitative estimate of drug-likeness (QED) is 0.940. The zero-order valence-electron chi connectivity index (χ0n) is 13.5. The molecule has 0 saturated carbocycles. The van der Waals surface area contributed by atoms with Gasteiger partial charge in [0, 0.05) is 13.1 Å². The number of benzene rings is 1. The molecule has 1 amide bonds. The van der Waals surface area contributed by atoms with Crippen LogP contribution in [-0.2, 0) is 11.2 Å². The van der Waals surface area contributed by atoms with Gasteiger partial charge in [-0.15, -0.1) is 0 Å². The van der Waals surface area contributed by atoms with E-state index in [1.54, 1.807) is 6.20 Å². The molecule has 4 heteroatoms. The average molecular weight is 309 g/mol.